The third-order valence-corrected chi connectivity index (χ3v) is 6.40. The van der Waals surface area contributed by atoms with Crippen LogP contribution in [0.2, 0.25) is 0 Å². The number of esters is 1. The minimum absolute atomic E-state index is 0.0393. The van der Waals surface area contributed by atoms with Gasteiger partial charge in [0.1, 0.15) is 11.9 Å². The first-order valence-corrected chi connectivity index (χ1v) is 9.53. The van der Waals surface area contributed by atoms with E-state index in [1.54, 1.807) is 0 Å². The van der Waals surface area contributed by atoms with Crippen LogP contribution >= 0.6 is 0 Å². The second kappa shape index (κ2) is 6.99. The first-order valence-electron chi connectivity index (χ1n) is 9.53. The lowest BCUT2D eigenvalue weighted by Crippen LogP contribution is -2.53. The van der Waals surface area contributed by atoms with Crippen molar-refractivity contribution in [3.8, 4) is 5.75 Å². The first-order chi connectivity index (χ1) is 11.8. The van der Waals surface area contributed by atoms with Crippen LogP contribution in [0.25, 0.3) is 0 Å². The molecule has 3 rings (SSSR count). The van der Waals surface area contributed by atoms with E-state index in [1.807, 2.05) is 32.9 Å². The monoisotopic (exact) mass is 345 g/mol. The van der Waals surface area contributed by atoms with Crippen molar-refractivity contribution in [3.05, 3.63) is 29.3 Å². The Bertz CT molecular complexity index is 642. The fourth-order valence-corrected chi connectivity index (χ4v) is 4.24. The molecule has 0 aliphatic heterocycles. The third kappa shape index (κ3) is 3.55. The number of nitrogens with two attached hydrogens (primary N) is 1. The Morgan fingerprint density at radius 1 is 1.32 bits per heavy atom. The normalized spacial score (nSPS) is 29.0. The van der Waals surface area contributed by atoms with Gasteiger partial charge >= 0.3 is 5.97 Å². The summed E-state index contributed by atoms with van der Waals surface area (Å²) in [5, 5.41) is 0. The highest BCUT2D eigenvalue weighted by molar-refractivity contribution is 5.71. The molecule has 2 N–H and O–H groups in total. The SMILES string of the molecule is CC(C)C(C)OC(=O)COc1cccc2c1CC1CCC(C)C1(N)C2. The van der Waals surface area contributed by atoms with Crippen molar-refractivity contribution >= 4 is 5.97 Å². The summed E-state index contributed by atoms with van der Waals surface area (Å²) in [6.07, 6.45) is 4.13. The second-order valence-electron chi connectivity index (χ2n) is 8.29. The molecule has 0 aromatic heterocycles. The summed E-state index contributed by atoms with van der Waals surface area (Å²) < 4.78 is 11.2. The zero-order valence-corrected chi connectivity index (χ0v) is 15.9. The molecule has 1 aromatic carbocycles. The third-order valence-electron chi connectivity index (χ3n) is 6.40. The smallest absolute Gasteiger partial charge is 0.344 e. The second-order valence-corrected chi connectivity index (χ2v) is 8.29. The number of hydrogen-bond donors (Lipinski definition) is 1. The number of rotatable bonds is 5. The molecule has 0 saturated heterocycles. The summed E-state index contributed by atoms with van der Waals surface area (Å²) in [7, 11) is 0. The molecule has 1 saturated carbocycles. The van der Waals surface area contributed by atoms with E-state index >= 15 is 0 Å². The fourth-order valence-electron chi connectivity index (χ4n) is 4.24. The Kier molecular flexibility index (Phi) is 5.10. The van der Waals surface area contributed by atoms with E-state index in [-0.39, 0.29) is 24.2 Å². The molecule has 0 heterocycles. The molecule has 4 unspecified atom stereocenters. The van der Waals surface area contributed by atoms with Gasteiger partial charge < -0.3 is 15.2 Å². The number of hydrogen-bond acceptors (Lipinski definition) is 4. The molecule has 0 bridgehead atoms. The minimum Gasteiger partial charge on any atom is -0.482 e. The average molecular weight is 345 g/mol. The van der Waals surface area contributed by atoms with Crippen LogP contribution in [0.4, 0.5) is 0 Å². The lowest BCUT2D eigenvalue weighted by atomic mass is 9.69. The van der Waals surface area contributed by atoms with E-state index in [9.17, 15) is 4.79 Å². The number of benzene rings is 1. The van der Waals surface area contributed by atoms with Gasteiger partial charge in [-0.1, -0.05) is 32.9 Å². The fraction of sp³-hybridized carbons (Fsp3) is 0.667. The van der Waals surface area contributed by atoms with Crippen LogP contribution in [-0.2, 0) is 22.4 Å². The Morgan fingerprint density at radius 3 is 2.80 bits per heavy atom. The number of ether oxygens (including phenoxy) is 2. The molecule has 0 spiro atoms. The predicted molar refractivity (Wildman–Crippen MR) is 98.5 cm³/mol. The number of carbonyl (C=O) groups is 1. The quantitative estimate of drug-likeness (QED) is 0.830. The molecule has 138 valence electrons. The van der Waals surface area contributed by atoms with Crippen LogP contribution in [-0.4, -0.2) is 24.2 Å². The van der Waals surface area contributed by atoms with Crippen LogP contribution < -0.4 is 10.5 Å². The molecule has 1 aromatic rings. The molecule has 0 amide bonds. The van der Waals surface area contributed by atoms with Crippen LogP contribution in [0.5, 0.6) is 5.75 Å². The first kappa shape index (κ1) is 18.2. The summed E-state index contributed by atoms with van der Waals surface area (Å²) in [6.45, 7) is 8.22. The summed E-state index contributed by atoms with van der Waals surface area (Å²) in [4.78, 5) is 12.0. The van der Waals surface area contributed by atoms with Crippen molar-refractivity contribution in [3.63, 3.8) is 0 Å². The topological polar surface area (TPSA) is 61.5 Å². The summed E-state index contributed by atoms with van der Waals surface area (Å²) in [5.74, 6) is 1.87. The van der Waals surface area contributed by atoms with Gasteiger partial charge in [0.25, 0.3) is 0 Å². The van der Waals surface area contributed by atoms with Gasteiger partial charge in [-0.3, -0.25) is 0 Å². The maximum atomic E-state index is 12.0. The summed E-state index contributed by atoms with van der Waals surface area (Å²) >= 11 is 0. The van der Waals surface area contributed by atoms with Gasteiger partial charge in [0.2, 0.25) is 0 Å². The predicted octanol–water partition coefficient (Wildman–Crippen LogP) is 3.50. The molecule has 1 fully saturated rings. The highest BCUT2D eigenvalue weighted by atomic mass is 16.6. The van der Waals surface area contributed by atoms with E-state index in [0.29, 0.717) is 17.8 Å². The number of fused-ring (bicyclic) bond motifs is 2. The maximum absolute atomic E-state index is 12.0. The molecule has 4 heteroatoms. The Balaban J connectivity index is 1.69. The van der Waals surface area contributed by atoms with Gasteiger partial charge in [-0.05, 0) is 67.6 Å². The standard InChI is InChI=1S/C21H31NO3/c1-13(2)15(4)25-20(23)12-24-19-7-5-6-16-11-21(22)14(3)8-9-17(21)10-18(16)19/h5-7,13-15,17H,8-12,22H2,1-4H3. The van der Waals surface area contributed by atoms with Gasteiger partial charge in [0, 0.05) is 5.54 Å². The van der Waals surface area contributed by atoms with Crippen molar-refractivity contribution in [2.75, 3.05) is 6.61 Å². The van der Waals surface area contributed by atoms with Gasteiger partial charge in [-0.15, -0.1) is 0 Å². The molecule has 25 heavy (non-hydrogen) atoms. The Labute approximate surface area is 151 Å². The molecule has 4 nitrogen and oxygen atoms in total. The molecule has 2 aliphatic rings. The van der Waals surface area contributed by atoms with Crippen molar-refractivity contribution in [2.24, 2.45) is 23.5 Å². The van der Waals surface area contributed by atoms with Crippen LogP contribution in [0.15, 0.2) is 18.2 Å². The summed E-state index contributed by atoms with van der Waals surface area (Å²) in [6, 6.07) is 6.11. The molecule has 4 atom stereocenters. The van der Waals surface area contributed by atoms with Crippen LogP contribution in [0.1, 0.15) is 51.7 Å². The Hall–Kier alpha value is -1.55. The van der Waals surface area contributed by atoms with E-state index in [1.165, 1.54) is 24.0 Å². The molecular weight excluding hydrogens is 314 g/mol. The average Bonchev–Trinajstić information content (AvgIpc) is 2.85. The summed E-state index contributed by atoms with van der Waals surface area (Å²) in [5.41, 5.74) is 9.18. The van der Waals surface area contributed by atoms with Gasteiger partial charge in [-0.25, -0.2) is 4.79 Å². The van der Waals surface area contributed by atoms with Crippen molar-refractivity contribution in [2.45, 2.75) is 65.0 Å². The van der Waals surface area contributed by atoms with Crippen LogP contribution in [0.3, 0.4) is 0 Å². The maximum Gasteiger partial charge on any atom is 0.344 e. The van der Waals surface area contributed by atoms with Gasteiger partial charge in [-0.2, -0.15) is 0 Å². The van der Waals surface area contributed by atoms with E-state index in [4.69, 9.17) is 15.2 Å². The number of carbonyl (C=O) groups excluding carboxylic acids is 1. The highest BCUT2D eigenvalue weighted by Crippen LogP contribution is 2.47. The van der Waals surface area contributed by atoms with Gasteiger partial charge in [0.05, 0.1) is 0 Å². The van der Waals surface area contributed by atoms with Crippen molar-refractivity contribution in [1.82, 2.24) is 0 Å². The van der Waals surface area contributed by atoms with Gasteiger partial charge in [0.15, 0.2) is 6.61 Å². The lowest BCUT2D eigenvalue weighted by molar-refractivity contribution is -0.152. The zero-order chi connectivity index (χ0) is 18.2. The molecule has 0 radical (unpaired) electrons. The molecule has 2 aliphatic carbocycles. The lowest BCUT2D eigenvalue weighted by Gasteiger charge is -2.40. The zero-order valence-electron chi connectivity index (χ0n) is 15.9. The van der Waals surface area contributed by atoms with E-state index in [0.717, 1.165) is 18.6 Å². The van der Waals surface area contributed by atoms with Crippen molar-refractivity contribution in [1.29, 1.82) is 0 Å². The van der Waals surface area contributed by atoms with Crippen LogP contribution in [0, 0.1) is 17.8 Å². The van der Waals surface area contributed by atoms with Crippen molar-refractivity contribution < 1.29 is 14.3 Å². The highest BCUT2D eigenvalue weighted by Gasteiger charge is 2.48. The largest absolute Gasteiger partial charge is 0.482 e. The van der Waals surface area contributed by atoms with E-state index < -0.39 is 0 Å². The minimum atomic E-state index is -0.308. The Morgan fingerprint density at radius 2 is 2.08 bits per heavy atom. The molecular formula is C21H31NO3. The van der Waals surface area contributed by atoms with E-state index in [2.05, 4.69) is 13.0 Å².